The van der Waals surface area contributed by atoms with Crippen molar-refractivity contribution in [1.29, 1.82) is 0 Å². The molecule has 4 heteroatoms. The molecule has 0 fully saturated rings. The Kier molecular flexibility index (Phi) is 4.34. The van der Waals surface area contributed by atoms with Gasteiger partial charge in [-0.25, -0.2) is 0 Å². The molecule has 2 rings (SSSR count). The van der Waals surface area contributed by atoms with Crippen LogP contribution in [0.1, 0.15) is 5.56 Å². The molecule has 0 bridgehead atoms. The summed E-state index contributed by atoms with van der Waals surface area (Å²) in [7, 11) is 5.33. The van der Waals surface area contributed by atoms with Crippen molar-refractivity contribution in [2.75, 3.05) is 14.2 Å². The van der Waals surface area contributed by atoms with Crippen molar-refractivity contribution < 1.29 is 14.2 Å². The van der Waals surface area contributed by atoms with Crippen LogP contribution in [0.5, 0.6) is 17.2 Å². The fraction of sp³-hybridized carbons (Fsp3) is 0.200. The van der Waals surface area contributed by atoms with Crippen molar-refractivity contribution in [1.82, 2.24) is 0 Å². The van der Waals surface area contributed by atoms with Gasteiger partial charge in [0.25, 0.3) is 0 Å². The van der Waals surface area contributed by atoms with Crippen LogP contribution < -0.4 is 19.7 Å². The van der Waals surface area contributed by atoms with Gasteiger partial charge in [0.05, 0.1) is 14.2 Å². The Bertz CT molecular complexity index is 515. The van der Waals surface area contributed by atoms with Crippen LogP contribution in [0.3, 0.4) is 0 Å². The van der Waals surface area contributed by atoms with E-state index in [0.717, 1.165) is 22.8 Å². The number of hydrogen-bond acceptors (Lipinski definition) is 3. The summed E-state index contributed by atoms with van der Waals surface area (Å²) in [6.07, 6.45) is 0. The summed E-state index contributed by atoms with van der Waals surface area (Å²) < 4.78 is 16.2. The third-order valence-electron chi connectivity index (χ3n) is 2.84. The van der Waals surface area contributed by atoms with Gasteiger partial charge < -0.3 is 14.2 Å². The molecule has 19 heavy (non-hydrogen) atoms. The van der Waals surface area contributed by atoms with Crippen molar-refractivity contribution >= 4 is 13.3 Å². The van der Waals surface area contributed by atoms with Gasteiger partial charge in [-0.3, -0.25) is 0 Å². The molecule has 0 spiro atoms. The van der Waals surface area contributed by atoms with Gasteiger partial charge in [0.2, 0.25) is 0 Å². The molecule has 0 amide bonds. The first-order valence-corrected chi connectivity index (χ1v) is 6.12. The molecule has 0 aliphatic carbocycles. The topological polar surface area (TPSA) is 27.7 Å². The highest BCUT2D eigenvalue weighted by atomic mass is 16.5. The van der Waals surface area contributed by atoms with E-state index < -0.39 is 0 Å². The van der Waals surface area contributed by atoms with Gasteiger partial charge in [0.1, 0.15) is 31.7 Å². The van der Waals surface area contributed by atoms with Crippen LogP contribution in [0.25, 0.3) is 0 Å². The van der Waals surface area contributed by atoms with E-state index in [1.165, 1.54) is 5.46 Å². The van der Waals surface area contributed by atoms with Crippen LogP contribution in [0.15, 0.2) is 42.5 Å². The number of benzene rings is 2. The van der Waals surface area contributed by atoms with Gasteiger partial charge in [-0.15, -0.1) is 0 Å². The molecule has 0 aromatic heterocycles. The van der Waals surface area contributed by atoms with Crippen molar-refractivity contribution in [3.05, 3.63) is 48.0 Å². The van der Waals surface area contributed by atoms with E-state index in [0.29, 0.717) is 6.61 Å². The van der Waals surface area contributed by atoms with Crippen LogP contribution >= 0.6 is 0 Å². The lowest BCUT2D eigenvalue weighted by Gasteiger charge is -2.10. The van der Waals surface area contributed by atoms with Crippen LogP contribution in [0, 0.1) is 0 Å². The second-order valence-corrected chi connectivity index (χ2v) is 4.32. The molecule has 0 radical (unpaired) electrons. The van der Waals surface area contributed by atoms with E-state index in [4.69, 9.17) is 14.2 Å². The fourth-order valence-electron chi connectivity index (χ4n) is 1.75. The first-order valence-electron chi connectivity index (χ1n) is 6.12. The molecule has 2 aromatic rings. The molecule has 0 unspecified atom stereocenters. The molecular weight excluding hydrogens is 239 g/mol. The molecule has 0 aliphatic rings. The molecule has 2 aromatic carbocycles. The molecular formula is C15H17BO3. The van der Waals surface area contributed by atoms with Crippen molar-refractivity contribution in [3.8, 4) is 17.2 Å². The summed E-state index contributed by atoms with van der Waals surface area (Å²) in [6, 6.07) is 13.7. The van der Waals surface area contributed by atoms with E-state index in [1.54, 1.807) is 14.2 Å². The maximum absolute atomic E-state index is 5.73. The highest BCUT2D eigenvalue weighted by Crippen LogP contribution is 2.23. The lowest BCUT2D eigenvalue weighted by atomic mass is 9.97. The summed E-state index contributed by atoms with van der Waals surface area (Å²) in [5.74, 6) is 2.39. The molecule has 0 aliphatic heterocycles. The Morgan fingerprint density at radius 3 is 1.95 bits per heavy atom. The largest absolute Gasteiger partial charge is 0.497 e. The summed E-state index contributed by atoms with van der Waals surface area (Å²) in [5, 5.41) is 0. The first-order chi connectivity index (χ1) is 9.21. The second-order valence-electron chi connectivity index (χ2n) is 4.32. The molecule has 0 heterocycles. The van der Waals surface area contributed by atoms with Crippen LogP contribution in [-0.2, 0) is 6.61 Å². The van der Waals surface area contributed by atoms with Crippen molar-refractivity contribution in [3.63, 3.8) is 0 Å². The Balaban J connectivity index is 2.08. The van der Waals surface area contributed by atoms with Crippen LogP contribution in [-0.4, -0.2) is 22.1 Å². The average molecular weight is 256 g/mol. The van der Waals surface area contributed by atoms with Crippen LogP contribution in [0.2, 0.25) is 0 Å². The zero-order valence-electron chi connectivity index (χ0n) is 11.5. The standard InChI is InChI=1S/C15H17BO3/c1-17-14-7-11(8-15(9-14)18-2)10-19-13-5-3-12(16)4-6-13/h3-9H,10,16H2,1-2H3. The number of rotatable bonds is 5. The highest BCUT2D eigenvalue weighted by Gasteiger charge is 2.03. The molecule has 0 atom stereocenters. The van der Waals surface area contributed by atoms with E-state index in [9.17, 15) is 0 Å². The van der Waals surface area contributed by atoms with Gasteiger partial charge in [0, 0.05) is 6.07 Å². The van der Waals surface area contributed by atoms with Crippen molar-refractivity contribution in [2.24, 2.45) is 0 Å². The second kappa shape index (κ2) is 6.18. The average Bonchev–Trinajstić information content (AvgIpc) is 2.46. The Hall–Kier alpha value is -2.10. The van der Waals surface area contributed by atoms with Gasteiger partial charge in [0.15, 0.2) is 0 Å². The molecule has 0 N–H and O–H groups in total. The molecule has 0 saturated heterocycles. The minimum Gasteiger partial charge on any atom is -0.497 e. The Morgan fingerprint density at radius 2 is 1.42 bits per heavy atom. The smallest absolute Gasteiger partial charge is 0.139 e. The molecule has 0 saturated carbocycles. The predicted octanol–water partition coefficient (Wildman–Crippen LogP) is 1.54. The van der Waals surface area contributed by atoms with Gasteiger partial charge >= 0.3 is 0 Å². The number of hydrogen-bond donors (Lipinski definition) is 0. The van der Waals surface area contributed by atoms with E-state index >= 15 is 0 Å². The Labute approximate surface area is 114 Å². The third kappa shape index (κ3) is 3.68. The van der Waals surface area contributed by atoms with E-state index in [2.05, 4.69) is 7.85 Å². The summed E-state index contributed by atoms with van der Waals surface area (Å²) in [6.45, 7) is 0.483. The normalized spacial score (nSPS) is 10.0. The lowest BCUT2D eigenvalue weighted by molar-refractivity contribution is 0.304. The van der Waals surface area contributed by atoms with Crippen molar-refractivity contribution in [2.45, 2.75) is 6.61 Å². The summed E-state index contributed by atoms with van der Waals surface area (Å²) >= 11 is 0. The third-order valence-corrected chi connectivity index (χ3v) is 2.84. The number of ether oxygens (including phenoxy) is 3. The maximum Gasteiger partial charge on any atom is 0.139 e. The summed E-state index contributed by atoms with van der Waals surface area (Å²) in [5.41, 5.74) is 2.23. The minimum atomic E-state index is 0.483. The Morgan fingerprint density at radius 1 is 0.842 bits per heavy atom. The van der Waals surface area contributed by atoms with E-state index in [-0.39, 0.29) is 0 Å². The SMILES string of the molecule is Bc1ccc(OCc2cc(OC)cc(OC)c2)cc1. The lowest BCUT2D eigenvalue weighted by Crippen LogP contribution is -2.01. The highest BCUT2D eigenvalue weighted by molar-refractivity contribution is 6.32. The van der Waals surface area contributed by atoms with Crippen LogP contribution in [0.4, 0.5) is 0 Å². The molecule has 98 valence electrons. The van der Waals surface area contributed by atoms with Gasteiger partial charge in [-0.05, 0) is 29.8 Å². The van der Waals surface area contributed by atoms with E-state index in [1.807, 2.05) is 42.5 Å². The maximum atomic E-state index is 5.73. The fourth-order valence-corrected chi connectivity index (χ4v) is 1.75. The quantitative estimate of drug-likeness (QED) is 0.759. The number of methoxy groups -OCH3 is 2. The van der Waals surface area contributed by atoms with Gasteiger partial charge in [-0.2, -0.15) is 0 Å². The first kappa shape index (κ1) is 13.3. The monoisotopic (exact) mass is 256 g/mol. The summed E-state index contributed by atoms with van der Waals surface area (Å²) in [4.78, 5) is 0. The zero-order chi connectivity index (χ0) is 13.7. The predicted molar refractivity (Wildman–Crippen MR) is 78.5 cm³/mol. The zero-order valence-corrected chi connectivity index (χ0v) is 11.5. The molecule has 3 nitrogen and oxygen atoms in total. The minimum absolute atomic E-state index is 0.483. The van der Waals surface area contributed by atoms with Gasteiger partial charge in [-0.1, -0.05) is 17.6 Å².